The fourth-order valence-corrected chi connectivity index (χ4v) is 2.87. The van der Waals surface area contributed by atoms with Crippen LogP contribution in [0.5, 0.6) is 0 Å². The molecular weight excluding hydrogens is 348 g/mol. The minimum absolute atomic E-state index is 0.159. The zero-order valence-electron chi connectivity index (χ0n) is 15.5. The Labute approximate surface area is 165 Å². The van der Waals surface area contributed by atoms with Gasteiger partial charge in [0.1, 0.15) is 0 Å². The first-order valence-corrected chi connectivity index (χ1v) is 9.09. The number of carbonyl (C=O) groups excluding carboxylic acids is 2. The van der Waals surface area contributed by atoms with E-state index < -0.39 is 0 Å². The number of amides is 2. The smallest absolute Gasteiger partial charge is 0.258 e. The quantitative estimate of drug-likeness (QED) is 0.625. The molecule has 0 atom stereocenters. The maximum Gasteiger partial charge on any atom is 0.258 e. The predicted octanol–water partition coefficient (Wildman–Crippen LogP) is 4.45. The van der Waals surface area contributed by atoms with Crippen LogP contribution in [-0.4, -0.2) is 18.4 Å². The predicted molar refractivity (Wildman–Crippen MR) is 112 cm³/mol. The molecule has 0 fully saturated rings. The zero-order valence-corrected chi connectivity index (χ0v) is 15.5. The first kappa shape index (κ1) is 19.1. The van der Waals surface area contributed by atoms with Crippen molar-refractivity contribution in [3.8, 4) is 0 Å². The molecule has 4 nitrogen and oxygen atoms in total. The Kier molecular flexibility index (Phi) is 6.37. The molecule has 0 unspecified atom stereocenters. The van der Waals surface area contributed by atoms with Crippen LogP contribution in [0.1, 0.15) is 26.3 Å². The van der Waals surface area contributed by atoms with Gasteiger partial charge in [-0.2, -0.15) is 0 Å². The SMILES string of the molecule is C=CCNC(=O)c1cccc(C(=O)N(Cc2ccccc2)c2ccccc2)c1. The van der Waals surface area contributed by atoms with Crippen molar-refractivity contribution in [2.45, 2.75) is 6.54 Å². The number of nitrogens with one attached hydrogen (secondary N) is 1. The summed E-state index contributed by atoms with van der Waals surface area (Å²) in [6.07, 6.45) is 1.61. The van der Waals surface area contributed by atoms with E-state index >= 15 is 0 Å². The van der Waals surface area contributed by atoms with Gasteiger partial charge >= 0.3 is 0 Å². The van der Waals surface area contributed by atoms with E-state index in [2.05, 4.69) is 11.9 Å². The van der Waals surface area contributed by atoms with Crippen molar-refractivity contribution < 1.29 is 9.59 Å². The average molecular weight is 370 g/mol. The summed E-state index contributed by atoms with van der Waals surface area (Å²) in [5.74, 6) is -0.391. The highest BCUT2D eigenvalue weighted by Gasteiger charge is 2.19. The number of nitrogens with zero attached hydrogens (tertiary/aromatic N) is 1. The van der Waals surface area contributed by atoms with Crippen molar-refractivity contribution in [2.24, 2.45) is 0 Å². The van der Waals surface area contributed by atoms with Gasteiger partial charge in [0.2, 0.25) is 0 Å². The summed E-state index contributed by atoms with van der Waals surface area (Å²) in [6.45, 7) is 4.41. The lowest BCUT2D eigenvalue weighted by Crippen LogP contribution is -2.31. The molecule has 28 heavy (non-hydrogen) atoms. The second-order valence-corrected chi connectivity index (χ2v) is 6.29. The number of rotatable bonds is 7. The minimum Gasteiger partial charge on any atom is -0.349 e. The largest absolute Gasteiger partial charge is 0.349 e. The molecule has 3 aromatic rings. The van der Waals surface area contributed by atoms with Crippen molar-refractivity contribution in [2.75, 3.05) is 11.4 Å². The van der Waals surface area contributed by atoms with Gasteiger partial charge in [-0.15, -0.1) is 6.58 Å². The van der Waals surface area contributed by atoms with Gasteiger partial charge in [-0.3, -0.25) is 9.59 Å². The Balaban J connectivity index is 1.91. The van der Waals surface area contributed by atoms with Crippen molar-refractivity contribution in [1.29, 1.82) is 0 Å². The van der Waals surface area contributed by atoms with Crippen LogP contribution < -0.4 is 10.2 Å². The van der Waals surface area contributed by atoms with Crippen LogP contribution in [0.15, 0.2) is 97.6 Å². The first-order valence-electron chi connectivity index (χ1n) is 9.09. The van der Waals surface area contributed by atoms with Gasteiger partial charge in [-0.25, -0.2) is 0 Å². The number of carbonyl (C=O) groups is 2. The van der Waals surface area contributed by atoms with Gasteiger partial charge in [0, 0.05) is 23.4 Å². The maximum atomic E-state index is 13.3. The van der Waals surface area contributed by atoms with Crippen LogP contribution in [0.25, 0.3) is 0 Å². The lowest BCUT2D eigenvalue weighted by molar-refractivity contribution is 0.0958. The van der Waals surface area contributed by atoms with Crippen molar-refractivity contribution in [3.05, 3.63) is 114 Å². The molecule has 3 aromatic carbocycles. The van der Waals surface area contributed by atoms with Gasteiger partial charge in [0.25, 0.3) is 11.8 Å². The minimum atomic E-state index is -0.233. The second-order valence-electron chi connectivity index (χ2n) is 6.29. The van der Waals surface area contributed by atoms with Crippen molar-refractivity contribution >= 4 is 17.5 Å². The number of hydrogen-bond acceptors (Lipinski definition) is 2. The standard InChI is InChI=1S/C24H22N2O2/c1-2-16-25-23(27)20-12-9-13-21(17-20)24(28)26(22-14-7-4-8-15-22)18-19-10-5-3-6-11-19/h2-15,17H,1,16,18H2,(H,25,27). The molecule has 0 heterocycles. The van der Waals surface area contributed by atoms with Crippen LogP contribution in [0.3, 0.4) is 0 Å². The molecule has 0 radical (unpaired) electrons. The fraction of sp³-hybridized carbons (Fsp3) is 0.0833. The summed E-state index contributed by atoms with van der Waals surface area (Å²) in [6, 6.07) is 26.1. The van der Waals surface area contributed by atoms with E-state index in [1.807, 2.05) is 60.7 Å². The monoisotopic (exact) mass is 370 g/mol. The van der Waals surface area contributed by atoms with E-state index in [0.717, 1.165) is 11.3 Å². The molecule has 0 aliphatic heterocycles. The molecule has 0 saturated carbocycles. The van der Waals surface area contributed by atoms with Gasteiger partial charge in [0.05, 0.1) is 6.54 Å². The molecule has 140 valence electrons. The zero-order chi connectivity index (χ0) is 19.8. The lowest BCUT2D eigenvalue weighted by atomic mass is 10.1. The molecule has 0 saturated heterocycles. The summed E-state index contributed by atoms with van der Waals surface area (Å²) in [7, 11) is 0. The Morgan fingerprint density at radius 3 is 2.18 bits per heavy atom. The number of benzene rings is 3. The molecule has 2 amide bonds. The Bertz CT molecular complexity index is 953. The maximum absolute atomic E-state index is 13.3. The fourth-order valence-electron chi connectivity index (χ4n) is 2.87. The van der Waals surface area contributed by atoms with Crippen molar-refractivity contribution in [3.63, 3.8) is 0 Å². The average Bonchev–Trinajstić information content (AvgIpc) is 2.76. The number of anilines is 1. The highest BCUT2D eigenvalue weighted by atomic mass is 16.2. The lowest BCUT2D eigenvalue weighted by Gasteiger charge is -2.23. The number of para-hydroxylation sites is 1. The van der Waals surface area contributed by atoms with Gasteiger partial charge in [-0.1, -0.05) is 60.7 Å². The molecule has 0 aliphatic carbocycles. The van der Waals surface area contributed by atoms with E-state index in [9.17, 15) is 9.59 Å². The number of hydrogen-bond donors (Lipinski definition) is 1. The molecule has 0 aliphatic rings. The van der Waals surface area contributed by atoms with Crippen LogP contribution in [-0.2, 0) is 6.54 Å². The summed E-state index contributed by atoms with van der Waals surface area (Å²) in [5.41, 5.74) is 2.74. The van der Waals surface area contributed by atoms with Crippen molar-refractivity contribution in [1.82, 2.24) is 5.32 Å². The third-order valence-electron chi connectivity index (χ3n) is 4.28. The molecule has 0 aromatic heterocycles. The van der Waals surface area contributed by atoms with Crippen LogP contribution in [0, 0.1) is 0 Å². The molecule has 0 bridgehead atoms. The Morgan fingerprint density at radius 2 is 1.50 bits per heavy atom. The highest BCUT2D eigenvalue weighted by molar-refractivity contribution is 6.07. The summed E-state index contributed by atoms with van der Waals surface area (Å²) < 4.78 is 0. The molecule has 3 rings (SSSR count). The Hall–Kier alpha value is -3.66. The van der Waals surface area contributed by atoms with E-state index in [4.69, 9.17) is 0 Å². The van der Waals surface area contributed by atoms with Crippen LogP contribution in [0.2, 0.25) is 0 Å². The first-order chi connectivity index (χ1) is 13.7. The van der Waals surface area contributed by atoms with Crippen LogP contribution >= 0.6 is 0 Å². The van der Waals surface area contributed by atoms with E-state index in [0.29, 0.717) is 24.2 Å². The van der Waals surface area contributed by atoms with Gasteiger partial charge in [0.15, 0.2) is 0 Å². The Morgan fingerprint density at radius 1 is 0.857 bits per heavy atom. The van der Waals surface area contributed by atoms with E-state index in [-0.39, 0.29) is 11.8 Å². The molecule has 4 heteroatoms. The molecular formula is C24H22N2O2. The highest BCUT2D eigenvalue weighted by Crippen LogP contribution is 2.20. The second kappa shape index (κ2) is 9.33. The van der Waals surface area contributed by atoms with Crippen LogP contribution in [0.4, 0.5) is 5.69 Å². The topological polar surface area (TPSA) is 49.4 Å². The summed E-state index contributed by atoms with van der Waals surface area (Å²) in [4.78, 5) is 27.3. The van der Waals surface area contributed by atoms with E-state index in [1.54, 1.807) is 35.2 Å². The van der Waals surface area contributed by atoms with E-state index in [1.165, 1.54) is 0 Å². The molecule has 1 N–H and O–H groups in total. The summed E-state index contributed by atoms with van der Waals surface area (Å²) in [5, 5.41) is 2.73. The normalized spacial score (nSPS) is 10.1. The molecule has 0 spiro atoms. The summed E-state index contributed by atoms with van der Waals surface area (Å²) >= 11 is 0. The third kappa shape index (κ3) is 4.74. The van der Waals surface area contributed by atoms with Gasteiger partial charge in [-0.05, 0) is 35.9 Å². The van der Waals surface area contributed by atoms with Gasteiger partial charge < -0.3 is 10.2 Å². The third-order valence-corrected chi connectivity index (χ3v) is 4.28.